The smallest absolute Gasteiger partial charge is 0.222 e. The van der Waals surface area contributed by atoms with E-state index in [0.717, 1.165) is 50.6 Å². The first-order valence-electron chi connectivity index (χ1n) is 8.75. The molecule has 1 atom stereocenters. The fourth-order valence-electron chi connectivity index (χ4n) is 3.96. The summed E-state index contributed by atoms with van der Waals surface area (Å²) in [6, 6.07) is 0.0469. The number of morpholine rings is 1. The molecule has 0 spiro atoms. The molecule has 5 nitrogen and oxygen atoms in total. The highest BCUT2D eigenvalue weighted by Gasteiger charge is 2.41. The third-order valence-corrected chi connectivity index (χ3v) is 6.09. The summed E-state index contributed by atoms with van der Waals surface area (Å²) in [5.74, 6) is 0.167. The van der Waals surface area contributed by atoms with E-state index in [1.807, 2.05) is 5.38 Å². The van der Waals surface area contributed by atoms with Crippen LogP contribution in [-0.2, 0) is 9.53 Å². The van der Waals surface area contributed by atoms with Gasteiger partial charge in [0.05, 0.1) is 19.3 Å². The molecule has 0 unspecified atom stereocenters. The van der Waals surface area contributed by atoms with Crippen LogP contribution < -0.4 is 5.32 Å². The fraction of sp³-hybridized carbons (Fsp3) is 0.765. The van der Waals surface area contributed by atoms with E-state index >= 15 is 0 Å². The average Bonchev–Trinajstić information content (AvgIpc) is 3.26. The van der Waals surface area contributed by atoms with Crippen LogP contribution in [0.15, 0.2) is 11.6 Å². The lowest BCUT2D eigenvalue weighted by atomic mass is 9.89. The van der Waals surface area contributed by atoms with Gasteiger partial charge in [-0.1, -0.05) is 19.8 Å². The second-order valence-electron chi connectivity index (χ2n) is 6.61. The van der Waals surface area contributed by atoms with Gasteiger partial charge in [0.1, 0.15) is 5.01 Å². The highest BCUT2D eigenvalue weighted by molar-refractivity contribution is 7.09. The Morgan fingerprint density at radius 1 is 1.43 bits per heavy atom. The lowest BCUT2D eigenvalue weighted by Crippen LogP contribution is -2.54. The molecule has 2 fully saturated rings. The zero-order chi connectivity index (χ0) is 16.1. The van der Waals surface area contributed by atoms with Crippen LogP contribution >= 0.6 is 11.3 Å². The van der Waals surface area contributed by atoms with Gasteiger partial charge in [0, 0.05) is 36.6 Å². The number of ether oxygens (including phenoxy) is 1. The van der Waals surface area contributed by atoms with Crippen molar-refractivity contribution in [3.05, 3.63) is 16.6 Å². The van der Waals surface area contributed by atoms with Crippen LogP contribution in [0, 0.1) is 0 Å². The summed E-state index contributed by atoms with van der Waals surface area (Å²) in [4.78, 5) is 19.6. The second kappa shape index (κ2) is 7.73. The molecular weight excluding hydrogens is 310 g/mol. The standard InChI is InChI=1S/C17H27N3O2S/c1-2-14(16-18-7-12-23-16)19-15(21)13-17(5-3-4-6-17)20-8-10-22-11-9-20/h7,12,14H,2-6,8-11,13H2,1H3,(H,19,21)/t14-/m0/s1. The number of carbonyl (C=O) groups is 1. The first-order valence-corrected chi connectivity index (χ1v) is 9.63. The summed E-state index contributed by atoms with van der Waals surface area (Å²) in [6.07, 6.45) is 8.02. The zero-order valence-corrected chi connectivity index (χ0v) is 14.7. The predicted molar refractivity (Wildman–Crippen MR) is 91.5 cm³/mol. The molecular formula is C17H27N3O2S. The largest absolute Gasteiger partial charge is 0.379 e. The fourth-order valence-corrected chi connectivity index (χ4v) is 4.74. The van der Waals surface area contributed by atoms with E-state index in [0.29, 0.717) is 6.42 Å². The maximum atomic E-state index is 12.7. The van der Waals surface area contributed by atoms with E-state index in [4.69, 9.17) is 4.74 Å². The number of aromatic nitrogens is 1. The average molecular weight is 337 g/mol. The number of nitrogens with zero attached hydrogens (tertiary/aromatic N) is 2. The number of hydrogen-bond acceptors (Lipinski definition) is 5. The molecule has 128 valence electrons. The van der Waals surface area contributed by atoms with Crippen LogP contribution in [0.5, 0.6) is 0 Å². The minimum absolute atomic E-state index is 0.0469. The van der Waals surface area contributed by atoms with Gasteiger partial charge in [-0.2, -0.15) is 0 Å². The Bertz CT molecular complexity index is 494. The lowest BCUT2D eigenvalue weighted by Gasteiger charge is -2.43. The molecule has 2 aliphatic rings. The molecule has 6 heteroatoms. The first kappa shape index (κ1) is 16.9. The van der Waals surface area contributed by atoms with Crippen LogP contribution in [0.2, 0.25) is 0 Å². The van der Waals surface area contributed by atoms with Crippen molar-refractivity contribution >= 4 is 17.2 Å². The summed E-state index contributed by atoms with van der Waals surface area (Å²) in [5, 5.41) is 6.19. The van der Waals surface area contributed by atoms with Crippen molar-refractivity contribution in [1.29, 1.82) is 0 Å². The quantitative estimate of drug-likeness (QED) is 0.867. The van der Waals surface area contributed by atoms with Gasteiger partial charge < -0.3 is 10.1 Å². The van der Waals surface area contributed by atoms with Gasteiger partial charge in [-0.25, -0.2) is 4.98 Å². The Morgan fingerprint density at radius 3 is 2.78 bits per heavy atom. The first-order chi connectivity index (χ1) is 11.2. The monoisotopic (exact) mass is 337 g/mol. The summed E-state index contributed by atoms with van der Waals surface area (Å²) in [7, 11) is 0. The van der Waals surface area contributed by atoms with Gasteiger partial charge in [-0.3, -0.25) is 9.69 Å². The molecule has 1 N–H and O–H groups in total. The SMILES string of the molecule is CC[C@H](NC(=O)CC1(N2CCOCC2)CCCC1)c1nccs1. The van der Waals surface area contributed by atoms with Crippen LogP contribution in [0.25, 0.3) is 0 Å². The highest BCUT2D eigenvalue weighted by Crippen LogP contribution is 2.38. The number of carbonyl (C=O) groups excluding carboxylic acids is 1. The van der Waals surface area contributed by atoms with E-state index in [2.05, 4.69) is 22.1 Å². The topological polar surface area (TPSA) is 54.5 Å². The van der Waals surface area contributed by atoms with Crippen LogP contribution in [0.4, 0.5) is 0 Å². The second-order valence-corrected chi connectivity index (χ2v) is 7.53. The Morgan fingerprint density at radius 2 is 2.17 bits per heavy atom. The highest BCUT2D eigenvalue weighted by atomic mass is 32.1. The summed E-state index contributed by atoms with van der Waals surface area (Å²) in [6.45, 7) is 5.59. The number of rotatable bonds is 6. The Hall–Kier alpha value is -0.980. The van der Waals surface area contributed by atoms with E-state index in [1.165, 1.54) is 12.8 Å². The molecule has 0 aromatic carbocycles. The maximum Gasteiger partial charge on any atom is 0.222 e. The van der Waals surface area contributed by atoms with Gasteiger partial charge in [0.2, 0.25) is 5.91 Å². The van der Waals surface area contributed by atoms with E-state index < -0.39 is 0 Å². The number of amides is 1. The third-order valence-electron chi connectivity index (χ3n) is 5.20. The number of nitrogens with one attached hydrogen (secondary N) is 1. The van der Waals surface area contributed by atoms with Crippen molar-refractivity contribution in [3.8, 4) is 0 Å². The maximum absolute atomic E-state index is 12.7. The normalized spacial score (nSPS) is 22.8. The number of hydrogen-bond donors (Lipinski definition) is 1. The summed E-state index contributed by atoms with van der Waals surface area (Å²) >= 11 is 1.61. The zero-order valence-electron chi connectivity index (χ0n) is 13.9. The third kappa shape index (κ3) is 3.92. The minimum atomic E-state index is 0.0469. The van der Waals surface area contributed by atoms with Crippen LogP contribution in [-0.4, -0.2) is 47.6 Å². The Kier molecular flexibility index (Phi) is 5.67. The Labute approximate surface area is 142 Å². The molecule has 1 aliphatic heterocycles. The van der Waals surface area contributed by atoms with Crippen molar-refractivity contribution in [2.24, 2.45) is 0 Å². The van der Waals surface area contributed by atoms with Crippen molar-refractivity contribution in [1.82, 2.24) is 15.2 Å². The van der Waals surface area contributed by atoms with Gasteiger partial charge in [0.25, 0.3) is 0 Å². The van der Waals surface area contributed by atoms with Crippen LogP contribution in [0.1, 0.15) is 56.5 Å². The van der Waals surface area contributed by atoms with Gasteiger partial charge in [-0.15, -0.1) is 11.3 Å². The molecule has 3 rings (SSSR count). The van der Waals surface area contributed by atoms with Gasteiger partial charge in [-0.05, 0) is 19.3 Å². The van der Waals surface area contributed by atoms with Gasteiger partial charge in [0.15, 0.2) is 0 Å². The molecule has 0 radical (unpaired) electrons. The lowest BCUT2D eigenvalue weighted by molar-refractivity contribution is -0.126. The van der Waals surface area contributed by atoms with Gasteiger partial charge >= 0.3 is 0 Å². The molecule has 1 saturated heterocycles. The molecule has 23 heavy (non-hydrogen) atoms. The molecule has 1 aromatic rings. The summed E-state index contributed by atoms with van der Waals surface area (Å²) < 4.78 is 5.49. The molecule has 2 heterocycles. The van der Waals surface area contributed by atoms with Crippen molar-refractivity contribution in [3.63, 3.8) is 0 Å². The Balaban J connectivity index is 1.64. The molecule has 1 saturated carbocycles. The molecule has 1 aromatic heterocycles. The minimum Gasteiger partial charge on any atom is -0.379 e. The summed E-state index contributed by atoms with van der Waals surface area (Å²) in [5.41, 5.74) is 0.0506. The number of thiazole rings is 1. The van der Waals surface area contributed by atoms with Crippen molar-refractivity contribution < 1.29 is 9.53 Å². The predicted octanol–water partition coefficient (Wildman–Crippen LogP) is 2.75. The molecule has 0 bridgehead atoms. The molecule has 1 amide bonds. The van der Waals surface area contributed by atoms with Crippen molar-refractivity contribution in [2.75, 3.05) is 26.3 Å². The van der Waals surface area contributed by atoms with Crippen molar-refractivity contribution in [2.45, 2.75) is 57.0 Å². The van der Waals surface area contributed by atoms with E-state index in [-0.39, 0.29) is 17.5 Å². The van der Waals surface area contributed by atoms with E-state index in [1.54, 1.807) is 17.5 Å². The van der Waals surface area contributed by atoms with E-state index in [9.17, 15) is 4.79 Å². The molecule has 1 aliphatic carbocycles. The van der Waals surface area contributed by atoms with Crippen LogP contribution in [0.3, 0.4) is 0 Å².